The number of ketones is 1. The number of hydrogen-bond donors (Lipinski definition) is 0. The van der Waals surface area contributed by atoms with E-state index < -0.39 is 4.92 Å². The van der Waals surface area contributed by atoms with Gasteiger partial charge in [-0.25, -0.2) is 0 Å². The first-order valence-electron chi connectivity index (χ1n) is 5.14. The minimum atomic E-state index is -0.607. The van der Waals surface area contributed by atoms with E-state index in [0.717, 1.165) is 0 Å². The van der Waals surface area contributed by atoms with E-state index in [2.05, 4.69) is 0 Å². The van der Waals surface area contributed by atoms with E-state index in [1.165, 1.54) is 18.2 Å². The highest BCUT2D eigenvalue weighted by atomic mass is 35.5. The summed E-state index contributed by atoms with van der Waals surface area (Å²) in [7, 11) is 0. The van der Waals surface area contributed by atoms with Crippen LogP contribution in [0.25, 0.3) is 0 Å². The smallest absolute Gasteiger partial charge is 0.288 e. The molecular weight excluding hydrogens is 254 g/mol. The highest BCUT2D eigenvalue weighted by molar-refractivity contribution is 6.36. The fourth-order valence-corrected chi connectivity index (χ4v) is 1.86. The quantitative estimate of drug-likeness (QED) is 0.483. The van der Waals surface area contributed by atoms with Crippen molar-refractivity contribution in [2.45, 2.75) is 0 Å². The lowest BCUT2D eigenvalue weighted by Crippen LogP contribution is -2.03. The van der Waals surface area contributed by atoms with Crippen LogP contribution in [0, 0.1) is 10.1 Å². The maximum Gasteiger partial charge on any atom is 0.288 e. The van der Waals surface area contributed by atoms with E-state index in [1.807, 2.05) is 0 Å². The number of nitrogens with zero attached hydrogens (tertiary/aromatic N) is 1. The molecule has 18 heavy (non-hydrogen) atoms. The van der Waals surface area contributed by atoms with Crippen LogP contribution in [-0.4, -0.2) is 10.7 Å². The van der Waals surface area contributed by atoms with Crippen LogP contribution in [0.1, 0.15) is 15.9 Å². The fraction of sp³-hybridized carbons (Fsp3) is 0. The Balaban J connectivity index is 2.50. The van der Waals surface area contributed by atoms with Crippen molar-refractivity contribution in [1.82, 2.24) is 0 Å². The van der Waals surface area contributed by atoms with Gasteiger partial charge < -0.3 is 0 Å². The Morgan fingerprint density at radius 3 is 2.33 bits per heavy atom. The molecule has 0 N–H and O–H groups in total. The van der Waals surface area contributed by atoms with Gasteiger partial charge in [-0.15, -0.1) is 0 Å². The lowest BCUT2D eigenvalue weighted by Gasteiger charge is -2.03. The Morgan fingerprint density at radius 1 is 1.06 bits per heavy atom. The van der Waals surface area contributed by atoms with Gasteiger partial charge in [-0.3, -0.25) is 14.9 Å². The predicted molar refractivity (Wildman–Crippen MR) is 68.0 cm³/mol. The highest BCUT2D eigenvalue weighted by Gasteiger charge is 2.20. The molecule has 0 aromatic heterocycles. The summed E-state index contributed by atoms with van der Waals surface area (Å²) in [4.78, 5) is 22.3. The Morgan fingerprint density at radius 2 is 1.72 bits per heavy atom. The Labute approximate surface area is 108 Å². The van der Waals surface area contributed by atoms with Crippen LogP contribution in [-0.2, 0) is 0 Å². The summed E-state index contributed by atoms with van der Waals surface area (Å²) in [6, 6.07) is 12.7. The van der Waals surface area contributed by atoms with Crippen molar-refractivity contribution in [3.8, 4) is 0 Å². The molecule has 0 saturated heterocycles. The minimum Gasteiger partial charge on any atom is -0.289 e. The minimum absolute atomic E-state index is 0.128. The molecule has 0 fully saturated rings. The molecule has 90 valence electrons. The Bertz CT molecular complexity index is 611. The number of nitro groups is 1. The normalized spacial score (nSPS) is 10.1. The summed E-state index contributed by atoms with van der Waals surface area (Å²) in [5.41, 5.74) is 0.315. The largest absolute Gasteiger partial charge is 0.289 e. The second-order valence-corrected chi connectivity index (χ2v) is 3.97. The summed E-state index contributed by atoms with van der Waals surface area (Å²) >= 11 is 5.89. The monoisotopic (exact) mass is 261 g/mol. The molecule has 5 heteroatoms. The van der Waals surface area contributed by atoms with Crippen LogP contribution >= 0.6 is 11.6 Å². The first kappa shape index (κ1) is 12.3. The molecule has 0 aliphatic carbocycles. The molecule has 0 bridgehead atoms. The van der Waals surface area contributed by atoms with Gasteiger partial charge in [0.2, 0.25) is 0 Å². The van der Waals surface area contributed by atoms with Crippen LogP contribution in [0.2, 0.25) is 5.02 Å². The molecule has 0 amide bonds. The highest BCUT2D eigenvalue weighted by Crippen LogP contribution is 2.29. The summed E-state index contributed by atoms with van der Waals surface area (Å²) in [5.74, 6) is -0.329. The van der Waals surface area contributed by atoms with Crippen molar-refractivity contribution in [3.05, 3.63) is 74.8 Å². The second kappa shape index (κ2) is 4.98. The maximum absolute atomic E-state index is 12.1. The summed E-state index contributed by atoms with van der Waals surface area (Å²) in [5, 5.41) is 10.6. The van der Waals surface area contributed by atoms with E-state index in [1.54, 1.807) is 30.3 Å². The third-order valence-corrected chi connectivity index (χ3v) is 2.85. The standard InChI is InChI=1S/C13H8ClNO3/c14-12-10(7-4-8-11(12)15(17)18)13(16)9-5-2-1-3-6-9/h1-8H. The molecule has 0 spiro atoms. The van der Waals surface area contributed by atoms with E-state index in [4.69, 9.17) is 11.6 Å². The average molecular weight is 262 g/mol. The predicted octanol–water partition coefficient (Wildman–Crippen LogP) is 3.48. The lowest BCUT2D eigenvalue weighted by molar-refractivity contribution is -0.384. The second-order valence-electron chi connectivity index (χ2n) is 3.59. The molecule has 0 heterocycles. The third kappa shape index (κ3) is 2.24. The molecule has 2 aromatic carbocycles. The number of nitro benzene ring substituents is 1. The fourth-order valence-electron chi connectivity index (χ4n) is 1.58. The number of rotatable bonds is 3. The zero-order valence-corrected chi connectivity index (χ0v) is 9.92. The van der Waals surface area contributed by atoms with Gasteiger partial charge in [0.1, 0.15) is 5.02 Å². The number of hydrogen-bond acceptors (Lipinski definition) is 3. The van der Waals surface area contributed by atoms with Crippen LogP contribution in [0.5, 0.6) is 0 Å². The zero-order chi connectivity index (χ0) is 13.1. The van der Waals surface area contributed by atoms with Crippen molar-refractivity contribution in [3.63, 3.8) is 0 Å². The molecule has 0 aliphatic rings. The Hall–Kier alpha value is -2.20. The molecule has 4 nitrogen and oxygen atoms in total. The zero-order valence-electron chi connectivity index (χ0n) is 9.17. The van der Waals surface area contributed by atoms with Crippen molar-refractivity contribution >= 4 is 23.1 Å². The van der Waals surface area contributed by atoms with Crippen LogP contribution < -0.4 is 0 Å². The first-order chi connectivity index (χ1) is 8.61. The van der Waals surface area contributed by atoms with Crippen LogP contribution in [0.4, 0.5) is 5.69 Å². The van der Waals surface area contributed by atoms with Gasteiger partial charge in [-0.05, 0) is 6.07 Å². The van der Waals surface area contributed by atoms with Crippen molar-refractivity contribution in [1.29, 1.82) is 0 Å². The molecule has 0 radical (unpaired) electrons. The van der Waals surface area contributed by atoms with Crippen molar-refractivity contribution in [2.24, 2.45) is 0 Å². The maximum atomic E-state index is 12.1. The van der Waals surface area contributed by atoms with Gasteiger partial charge in [0.15, 0.2) is 5.78 Å². The summed E-state index contributed by atoms with van der Waals surface area (Å²) in [6.45, 7) is 0. The van der Waals surface area contributed by atoms with Gasteiger partial charge in [-0.1, -0.05) is 48.0 Å². The van der Waals surface area contributed by atoms with E-state index >= 15 is 0 Å². The molecule has 2 aromatic rings. The van der Waals surface area contributed by atoms with Crippen LogP contribution in [0.3, 0.4) is 0 Å². The van der Waals surface area contributed by atoms with Gasteiger partial charge in [-0.2, -0.15) is 0 Å². The first-order valence-corrected chi connectivity index (χ1v) is 5.51. The number of halogens is 1. The van der Waals surface area contributed by atoms with Crippen molar-refractivity contribution in [2.75, 3.05) is 0 Å². The van der Waals surface area contributed by atoms with Gasteiger partial charge in [0.25, 0.3) is 5.69 Å². The Kier molecular flexibility index (Phi) is 3.39. The molecule has 0 aliphatic heterocycles. The SMILES string of the molecule is O=C(c1ccccc1)c1cccc([N+](=O)[O-])c1Cl. The molecule has 0 atom stereocenters. The third-order valence-electron chi connectivity index (χ3n) is 2.46. The van der Waals surface area contributed by atoms with E-state index in [-0.39, 0.29) is 22.1 Å². The number of benzene rings is 2. The average Bonchev–Trinajstić information content (AvgIpc) is 2.39. The molecule has 0 saturated carbocycles. The lowest BCUT2D eigenvalue weighted by atomic mass is 10.0. The van der Waals surface area contributed by atoms with Gasteiger partial charge >= 0.3 is 0 Å². The van der Waals surface area contributed by atoms with Gasteiger partial charge in [0.05, 0.1) is 4.92 Å². The molecule has 0 unspecified atom stereocenters. The topological polar surface area (TPSA) is 60.2 Å². The number of carbonyl (C=O) groups excluding carboxylic acids is 1. The molecule has 2 rings (SSSR count). The number of carbonyl (C=O) groups is 1. The van der Waals surface area contributed by atoms with E-state index in [9.17, 15) is 14.9 Å². The summed E-state index contributed by atoms with van der Waals surface area (Å²) < 4.78 is 0. The van der Waals surface area contributed by atoms with E-state index in [0.29, 0.717) is 5.56 Å². The van der Waals surface area contributed by atoms with Crippen molar-refractivity contribution < 1.29 is 9.72 Å². The molecular formula is C13H8ClNO3. The van der Waals surface area contributed by atoms with Gasteiger partial charge in [0, 0.05) is 17.2 Å². The summed E-state index contributed by atoms with van der Waals surface area (Å²) in [6.07, 6.45) is 0. The van der Waals surface area contributed by atoms with Crippen LogP contribution in [0.15, 0.2) is 48.5 Å².